The van der Waals surface area contributed by atoms with Crippen molar-refractivity contribution < 1.29 is 0 Å². The van der Waals surface area contributed by atoms with Crippen molar-refractivity contribution in [3.63, 3.8) is 0 Å². The fourth-order valence-electron chi connectivity index (χ4n) is 2.57. The van der Waals surface area contributed by atoms with Crippen LogP contribution in [0.25, 0.3) is 0 Å². The summed E-state index contributed by atoms with van der Waals surface area (Å²) in [5.41, 5.74) is 6.19. The molecule has 2 aliphatic carbocycles. The van der Waals surface area contributed by atoms with Crippen LogP contribution < -0.4 is 11.1 Å². The molecule has 2 rings (SSSR count). The van der Waals surface area contributed by atoms with Gasteiger partial charge in [-0.2, -0.15) is 0 Å². The second-order valence-electron chi connectivity index (χ2n) is 5.85. The van der Waals surface area contributed by atoms with E-state index >= 15 is 0 Å². The van der Waals surface area contributed by atoms with Gasteiger partial charge in [0.05, 0.1) is 6.54 Å². The van der Waals surface area contributed by atoms with E-state index in [-0.39, 0.29) is 5.54 Å². The normalized spacial score (nSPS) is 24.3. The van der Waals surface area contributed by atoms with Crippen molar-refractivity contribution in [2.75, 3.05) is 27.2 Å². The Morgan fingerprint density at radius 3 is 2.47 bits per heavy atom. The van der Waals surface area contributed by atoms with E-state index in [4.69, 9.17) is 5.73 Å². The van der Waals surface area contributed by atoms with Gasteiger partial charge in [-0.25, -0.2) is 0 Å². The summed E-state index contributed by atoms with van der Waals surface area (Å²) >= 11 is 0. The number of nitrogens with two attached hydrogens (primary N) is 1. The number of rotatable bonds is 5. The first kappa shape index (κ1) is 12.7. The summed E-state index contributed by atoms with van der Waals surface area (Å²) < 4.78 is 0. The Hall–Kier alpha value is -0.770. The van der Waals surface area contributed by atoms with Gasteiger partial charge in [0.1, 0.15) is 0 Å². The van der Waals surface area contributed by atoms with Crippen molar-refractivity contribution in [1.29, 1.82) is 0 Å². The molecule has 0 aromatic heterocycles. The first-order valence-corrected chi connectivity index (χ1v) is 6.84. The fraction of sp³-hybridized carbons (Fsp3) is 0.923. The van der Waals surface area contributed by atoms with Gasteiger partial charge in [-0.05, 0) is 52.1 Å². The SMILES string of the molecule is CN(C)C1(CN=C(N)NCC2CCC2)CCC1. The summed E-state index contributed by atoms with van der Waals surface area (Å²) in [6.07, 6.45) is 7.90. The molecule has 0 saturated heterocycles. The number of likely N-dealkylation sites (N-methyl/N-ethyl adjacent to an activating group) is 1. The molecule has 0 aliphatic heterocycles. The maximum absolute atomic E-state index is 5.91. The maximum atomic E-state index is 5.91. The standard InChI is InChI=1S/C13H26N4/c1-17(2)13(7-4-8-13)10-16-12(14)15-9-11-5-3-6-11/h11H,3-10H2,1-2H3,(H3,14,15,16). The summed E-state index contributed by atoms with van der Waals surface area (Å²) in [7, 11) is 4.29. The maximum Gasteiger partial charge on any atom is 0.188 e. The molecule has 0 unspecified atom stereocenters. The van der Waals surface area contributed by atoms with Crippen LogP contribution in [0.3, 0.4) is 0 Å². The first-order valence-electron chi connectivity index (χ1n) is 6.84. The minimum Gasteiger partial charge on any atom is -0.370 e. The molecule has 4 heteroatoms. The molecule has 2 aliphatic rings. The van der Waals surface area contributed by atoms with Gasteiger partial charge in [0.25, 0.3) is 0 Å². The molecule has 98 valence electrons. The predicted molar refractivity (Wildman–Crippen MR) is 72.1 cm³/mol. The lowest BCUT2D eigenvalue weighted by molar-refractivity contribution is 0.0699. The van der Waals surface area contributed by atoms with Crippen molar-refractivity contribution in [1.82, 2.24) is 10.2 Å². The van der Waals surface area contributed by atoms with Gasteiger partial charge < -0.3 is 16.0 Å². The highest BCUT2D eigenvalue weighted by molar-refractivity contribution is 5.77. The topological polar surface area (TPSA) is 53.6 Å². The molecule has 3 N–H and O–H groups in total. The van der Waals surface area contributed by atoms with Gasteiger partial charge >= 0.3 is 0 Å². The molecular formula is C13H26N4. The Kier molecular flexibility index (Phi) is 3.92. The van der Waals surface area contributed by atoms with Gasteiger partial charge in [-0.3, -0.25) is 4.99 Å². The van der Waals surface area contributed by atoms with Crippen LogP contribution in [-0.4, -0.2) is 43.6 Å². The Morgan fingerprint density at radius 1 is 1.35 bits per heavy atom. The number of hydrogen-bond donors (Lipinski definition) is 2. The van der Waals surface area contributed by atoms with Gasteiger partial charge in [0.15, 0.2) is 5.96 Å². The second kappa shape index (κ2) is 5.25. The fourth-order valence-corrected chi connectivity index (χ4v) is 2.57. The number of nitrogens with one attached hydrogen (secondary N) is 1. The monoisotopic (exact) mass is 238 g/mol. The summed E-state index contributed by atoms with van der Waals surface area (Å²) in [6.45, 7) is 1.84. The van der Waals surface area contributed by atoms with E-state index < -0.39 is 0 Å². The van der Waals surface area contributed by atoms with Crippen LogP contribution in [0.15, 0.2) is 4.99 Å². The Morgan fingerprint density at radius 2 is 2.06 bits per heavy atom. The first-order chi connectivity index (χ1) is 8.12. The van der Waals surface area contributed by atoms with E-state index in [1.54, 1.807) is 0 Å². The number of nitrogens with zero attached hydrogens (tertiary/aromatic N) is 2. The smallest absolute Gasteiger partial charge is 0.188 e. The van der Waals surface area contributed by atoms with Crippen LogP contribution in [0.2, 0.25) is 0 Å². The third-order valence-corrected chi connectivity index (χ3v) is 4.57. The molecule has 0 atom stereocenters. The second-order valence-corrected chi connectivity index (χ2v) is 5.85. The number of aliphatic imine (C=N–C) groups is 1. The van der Waals surface area contributed by atoms with E-state index in [1.807, 2.05) is 0 Å². The van der Waals surface area contributed by atoms with E-state index in [2.05, 4.69) is 29.3 Å². The molecular weight excluding hydrogens is 212 g/mol. The highest BCUT2D eigenvalue weighted by Gasteiger charge is 2.38. The van der Waals surface area contributed by atoms with Gasteiger partial charge in [-0.1, -0.05) is 6.42 Å². The average molecular weight is 238 g/mol. The lowest BCUT2D eigenvalue weighted by atomic mass is 9.76. The van der Waals surface area contributed by atoms with Crippen LogP contribution in [0.5, 0.6) is 0 Å². The predicted octanol–water partition coefficient (Wildman–Crippen LogP) is 1.18. The van der Waals surface area contributed by atoms with Gasteiger partial charge in [-0.15, -0.1) is 0 Å². The zero-order valence-electron chi connectivity index (χ0n) is 11.2. The van der Waals surface area contributed by atoms with Crippen molar-refractivity contribution in [3.8, 4) is 0 Å². The van der Waals surface area contributed by atoms with Crippen LogP contribution in [0.4, 0.5) is 0 Å². The molecule has 0 amide bonds. The van der Waals surface area contributed by atoms with Crippen LogP contribution in [-0.2, 0) is 0 Å². The third kappa shape index (κ3) is 2.92. The van der Waals surface area contributed by atoms with E-state index in [0.717, 1.165) is 19.0 Å². The molecule has 2 fully saturated rings. The van der Waals surface area contributed by atoms with E-state index in [9.17, 15) is 0 Å². The molecule has 0 spiro atoms. The van der Waals surface area contributed by atoms with E-state index in [0.29, 0.717) is 5.96 Å². The summed E-state index contributed by atoms with van der Waals surface area (Å²) in [6, 6.07) is 0. The number of hydrogen-bond acceptors (Lipinski definition) is 2. The molecule has 0 bridgehead atoms. The largest absolute Gasteiger partial charge is 0.370 e. The van der Waals surface area contributed by atoms with E-state index in [1.165, 1.54) is 38.5 Å². The van der Waals surface area contributed by atoms with Gasteiger partial charge in [0.2, 0.25) is 0 Å². The summed E-state index contributed by atoms with van der Waals surface area (Å²) in [5.74, 6) is 1.46. The Labute approximate surface area is 105 Å². The van der Waals surface area contributed by atoms with Gasteiger partial charge in [0, 0.05) is 12.1 Å². The molecule has 4 nitrogen and oxygen atoms in total. The van der Waals surface area contributed by atoms with Crippen molar-refractivity contribution in [3.05, 3.63) is 0 Å². The van der Waals surface area contributed by atoms with Crippen LogP contribution in [0.1, 0.15) is 38.5 Å². The Balaban J connectivity index is 1.74. The highest BCUT2D eigenvalue weighted by atomic mass is 15.2. The van der Waals surface area contributed by atoms with Crippen LogP contribution in [0, 0.1) is 5.92 Å². The molecule has 2 saturated carbocycles. The highest BCUT2D eigenvalue weighted by Crippen LogP contribution is 2.36. The Bertz CT molecular complexity index is 277. The molecule has 17 heavy (non-hydrogen) atoms. The minimum atomic E-state index is 0.281. The van der Waals surface area contributed by atoms with Crippen LogP contribution >= 0.6 is 0 Å². The van der Waals surface area contributed by atoms with Crippen molar-refractivity contribution >= 4 is 5.96 Å². The molecule has 0 heterocycles. The van der Waals surface area contributed by atoms with Crippen molar-refractivity contribution in [2.24, 2.45) is 16.6 Å². The zero-order valence-corrected chi connectivity index (χ0v) is 11.2. The quantitative estimate of drug-likeness (QED) is 0.558. The lowest BCUT2D eigenvalue weighted by Gasteiger charge is -2.46. The number of guanidine groups is 1. The molecule has 0 aromatic rings. The molecule has 0 aromatic carbocycles. The molecule has 0 radical (unpaired) electrons. The summed E-state index contributed by atoms with van der Waals surface area (Å²) in [5, 5.41) is 3.25. The zero-order chi connectivity index (χ0) is 12.3. The third-order valence-electron chi connectivity index (χ3n) is 4.57. The average Bonchev–Trinajstić information content (AvgIpc) is 2.12. The lowest BCUT2D eigenvalue weighted by Crippen LogP contribution is -2.53. The minimum absolute atomic E-state index is 0.281. The summed E-state index contributed by atoms with van der Waals surface area (Å²) in [4.78, 5) is 6.82. The van der Waals surface area contributed by atoms with Crippen molar-refractivity contribution in [2.45, 2.75) is 44.1 Å².